The topological polar surface area (TPSA) is 90.1 Å². The number of hydrogen-bond acceptors (Lipinski definition) is 5. The summed E-state index contributed by atoms with van der Waals surface area (Å²) in [6.07, 6.45) is 7.29. The summed E-state index contributed by atoms with van der Waals surface area (Å²) in [5, 5.41) is 5.20. The highest BCUT2D eigenvalue weighted by atomic mass is 32.2. The number of fused-ring (bicyclic) bond motifs is 1. The number of aromatic nitrogens is 4. The van der Waals surface area contributed by atoms with Gasteiger partial charge in [-0.05, 0) is 37.0 Å². The third kappa shape index (κ3) is 3.71. The van der Waals surface area contributed by atoms with Crippen LogP contribution in [0.4, 0.5) is 8.78 Å². The van der Waals surface area contributed by atoms with Gasteiger partial charge in [0.15, 0.2) is 0 Å². The molecule has 156 valence electrons. The Balaban J connectivity index is 1.51. The van der Waals surface area contributed by atoms with E-state index in [1.165, 1.54) is 6.33 Å². The smallest absolute Gasteiger partial charge is 0.257 e. The van der Waals surface area contributed by atoms with Crippen molar-refractivity contribution in [3.8, 4) is 5.69 Å². The van der Waals surface area contributed by atoms with Gasteiger partial charge in [-0.1, -0.05) is 0 Å². The van der Waals surface area contributed by atoms with Gasteiger partial charge in [-0.2, -0.15) is 9.46 Å². The fourth-order valence-corrected chi connectivity index (χ4v) is 5.97. The van der Waals surface area contributed by atoms with Crippen LogP contribution in [0.5, 0.6) is 0 Å². The predicted octanol–water partition coefficient (Wildman–Crippen LogP) is 3.62. The lowest BCUT2D eigenvalue weighted by Crippen LogP contribution is -2.39. The molecule has 2 saturated carbocycles. The van der Waals surface area contributed by atoms with Crippen molar-refractivity contribution in [1.82, 2.24) is 19.7 Å². The highest BCUT2D eigenvalue weighted by molar-refractivity contribution is 7.94. The molecule has 0 N–H and O–H groups in total. The van der Waals surface area contributed by atoms with Gasteiger partial charge in [0.2, 0.25) is 5.92 Å². The number of amides is 1. The molecule has 5 rings (SSSR count). The molecule has 0 radical (unpaired) electrons. The van der Waals surface area contributed by atoms with Crippen LogP contribution in [0.25, 0.3) is 16.6 Å². The van der Waals surface area contributed by atoms with E-state index in [0.717, 1.165) is 18.2 Å². The lowest BCUT2D eigenvalue weighted by Gasteiger charge is -2.32. The maximum Gasteiger partial charge on any atom is 0.257 e. The molecule has 2 aliphatic carbocycles. The van der Waals surface area contributed by atoms with Crippen molar-refractivity contribution in [3.63, 3.8) is 0 Å². The largest absolute Gasteiger partial charge is 0.272 e. The first-order valence-electron chi connectivity index (χ1n) is 9.73. The zero-order valence-electron chi connectivity index (χ0n) is 15.9. The monoisotopic (exact) mass is 431 g/mol. The van der Waals surface area contributed by atoms with Gasteiger partial charge in [0, 0.05) is 35.1 Å². The van der Waals surface area contributed by atoms with Gasteiger partial charge < -0.3 is 0 Å². The SMILES string of the molecule is O=C(N=S(=O)(CC1CC1)c1ccc2nn(-c3cncnc3)cc2c1)C1CC(F)(F)C1. The molecule has 1 unspecified atom stereocenters. The van der Waals surface area contributed by atoms with Gasteiger partial charge in [-0.15, -0.1) is 0 Å². The summed E-state index contributed by atoms with van der Waals surface area (Å²) in [7, 11) is -3.04. The van der Waals surface area contributed by atoms with E-state index in [4.69, 9.17) is 0 Å². The van der Waals surface area contributed by atoms with Gasteiger partial charge in [0.25, 0.3) is 5.91 Å². The van der Waals surface area contributed by atoms with Crippen molar-refractivity contribution in [1.29, 1.82) is 0 Å². The number of benzene rings is 1. The summed E-state index contributed by atoms with van der Waals surface area (Å²) >= 11 is 0. The van der Waals surface area contributed by atoms with E-state index in [2.05, 4.69) is 19.4 Å². The quantitative estimate of drug-likeness (QED) is 0.615. The standard InChI is InChI=1S/C20H19F2N5O2S/c21-20(22)6-15(7-20)19(28)26-30(29,11-13-1-2-13)17-3-4-18-14(5-17)10-27(25-18)16-8-23-12-24-9-16/h3-5,8-10,12-13,15H,1-2,6-7,11H2. The van der Waals surface area contributed by atoms with Crippen LogP contribution in [0.15, 0.2) is 52.4 Å². The minimum Gasteiger partial charge on any atom is -0.272 e. The van der Waals surface area contributed by atoms with E-state index in [-0.39, 0.29) is 11.7 Å². The molecule has 7 nitrogen and oxygen atoms in total. The number of nitrogens with zero attached hydrogens (tertiary/aromatic N) is 5. The van der Waals surface area contributed by atoms with Crippen molar-refractivity contribution < 1.29 is 17.8 Å². The molecule has 1 atom stereocenters. The first kappa shape index (κ1) is 19.2. The second-order valence-corrected chi connectivity index (χ2v) is 10.3. The van der Waals surface area contributed by atoms with Crippen LogP contribution < -0.4 is 0 Å². The maximum absolute atomic E-state index is 13.8. The van der Waals surface area contributed by atoms with Crippen molar-refractivity contribution >= 4 is 26.5 Å². The average Bonchev–Trinajstić information content (AvgIpc) is 3.40. The van der Waals surface area contributed by atoms with E-state index in [0.29, 0.717) is 16.1 Å². The molecule has 2 aliphatic rings. The molecule has 3 aromatic rings. The Kier molecular flexibility index (Phi) is 4.42. The molecule has 1 amide bonds. The maximum atomic E-state index is 13.8. The third-order valence-electron chi connectivity index (χ3n) is 5.49. The Morgan fingerprint density at radius 2 is 1.97 bits per heavy atom. The van der Waals surface area contributed by atoms with Gasteiger partial charge in [0.1, 0.15) is 12.0 Å². The van der Waals surface area contributed by atoms with Crippen LogP contribution in [0, 0.1) is 11.8 Å². The lowest BCUT2D eigenvalue weighted by molar-refractivity contribution is -0.146. The van der Waals surface area contributed by atoms with E-state index >= 15 is 0 Å². The number of alkyl halides is 2. The van der Waals surface area contributed by atoms with Gasteiger partial charge in [-0.25, -0.2) is 27.6 Å². The van der Waals surface area contributed by atoms with E-state index in [1.54, 1.807) is 41.5 Å². The minimum atomic E-state index is -3.04. The first-order chi connectivity index (χ1) is 14.3. The second-order valence-electron chi connectivity index (χ2n) is 8.03. The van der Waals surface area contributed by atoms with Crippen molar-refractivity contribution in [2.24, 2.45) is 16.2 Å². The number of carbonyl (C=O) groups is 1. The Morgan fingerprint density at radius 1 is 1.23 bits per heavy atom. The van der Waals surface area contributed by atoms with Crippen molar-refractivity contribution in [2.45, 2.75) is 36.5 Å². The second kappa shape index (κ2) is 6.90. The third-order valence-corrected chi connectivity index (χ3v) is 7.88. The molecule has 2 aromatic heterocycles. The van der Waals surface area contributed by atoms with Gasteiger partial charge in [0.05, 0.1) is 33.6 Å². The molecule has 30 heavy (non-hydrogen) atoms. The summed E-state index contributed by atoms with van der Waals surface area (Å²) in [6.45, 7) is 0. The Morgan fingerprint density at radius 3 is 2.63 bits per heavy atom. The van der Waals surface area contributed by atoms with Gasteiger partial charge >= 0.3 is 0 Å². The number of rotatable bonds is 5. The molecule has 1 aromatic carbocycles. The fourth-order valence-electron chi connectivity index (χ4n) is 3.59. The predicted molar refractivity (Wildman–Crippen MR) is 106 cm³/mol. The van der Waals surface area contributed by atoms with Crippen LogP contribution in [0.2, 0.25) is 0 Å². The lowest BCUT2D eigenvalue weighted by atomic mass is 9.81. The van der Waals surface area contributed by atoms with E-state index in [9.17, 15) is 17.8 Å². The van der Waals surface area contributed by atoms with Crippen LogP contribution in [0.1, 0.15) is 25.7 Å². The molecule has 0 saturated heterocycles. The number of halogens is 2. The summed E-state index contributed by atoms with van der Waals surface area (Å²) in [5.74, 6) is -3.82. The minimum absolute atomic E-state index is 0.247. The van der Waals surface area contributed by atoms with Crippen molar-refractivity contribution in [2.75, 3.05) is 5.75 Å². The van der Waals surface area contributed by atoms with E-state index < -0.39 is 40.3 Å². The average molecular weight is 431 g/mol. The fraction of sp³-hybridized carbons (Fsp3) is 0.400. The Hall–Kier alpha value is -2.75. The van der Waals surface area contributed by atoms with Crippen LogP contribution in [0.3, 0.4) is 0 Å². The zero-order chi connectivity index (χ0) is 20.9. The Labute approximate surface area is 171 Å². The Bertz CT molecular complexity index is 1240. The van der Waals surface area contributed by atoms with Crippen LogP contribution in [-0.4, -0.2) is 41.5 Å². The number of hydrogen-bond donors (Lipinski definition) is 0. The van der Waals surface area contributed by atoms with Crippen LogP contribution in [-0.2, 0) is 14.5 Å². The summed E-state index contributed by atoms with van der Waals surface area (Å²) < 4.78 is 45.7. The molecule has 10 heteroatoms. The summed E-state index contributed by atoms with van der Waals surface area (Å²) in [6, 6.07) is 5.12. The summed E-state index contributed by atoms with van der Waals surface area (Å²) in [5.41, 5.74) is 1.36. The van der Waals surface area contributed by atoms with Crippen LogP contribution >= 0.6 is 0 Å². The summed E-state index contributed by atoms with van der Waals surface area (Å²) in [4.78, 5) is 20.8. The molecular weight excluding hydrogens is 412 g/mol. The number of carbonyl (C=O) groups excluding carboxylic acids is 1. The molecule has 2 fully saturated rings. The molecule has 0 aliphatic heterocycles. The van der Waals surface area contributed by atoms with Gasteiger partial charge in [-0.3, -0.25) is 4.79 Å². The highest BCUT2D eigenvalue weighted by Gasteiger charge is 2.49. The molecular formula is C20H19F2N5O2S. The van der Waals surface area contributed by atoms with Crippen molar-refractivity contribution in [3.05, 3.63) is 43.1 Å². The normalized spacial score (nSPS) is 20.5. The molecule has 0 bridgehead atoms. The zero-order valence-corrected chi connectivity index (χ0v) is 16.8. The molecule has 2 heterocycles. The van der Waals surface area contributed by atoms with E-state index in [1.807, 2.05) is 0 Å². The first-order valence-corrected chi connectivity index (χ1v) is 11.4. The molecule has 0 spiro atoms. The highest BCUT2D eigenvalue weighted by Crippen LogP contribution is 2.43.